The monoisotopic (exact) mass is 256 g/mol. The van der Waals surface area contributed by atoms with Crippen molar-refractivity contribution in [1.29, 1.82) is 0 Å². The van der Waals surface area contributed by atoms with E-state index in [0.717, 1.165) is 6.07 Å². The largest absolute Gasteiger partial charge is 0.377 e. The Bertz CT molecular complexity index is 473. The first-order chi connectivity index (χ1) is 8.08. The third kappa shape index (κ3) is 2.54. The van der Waals surface area contributed by atoms with Crippen LogP contribution in [0.25, 0.3) is 0 Å². The summed E-state index contributed by atoms with van der Waals surface area (Å²) in [5, 5.41) is 13.6. The van der Waals surface area contributed by atoms with Gasteiger partial charge in [0.25, 0.3) is 11.6 Å². The highest BCUT2D eigenvalue weighted by Gasteiger charge is 2.25. The fraction of sp³-hybridized carbons (Fsp3) is 0.300. The molecule has 0 bridgehead atoms. The van der Waals surface area contributed by atoms with Crippen molar-refractivity contribution in [3.8, 4) is 0 Å². The van der Waals surface area contributed by atoms with Crippen molar-refractivity contribution in [2.75, 3.05) is 13.2 Å². The fourth-order valence-electron chi connectivity index (χ4n) is 1.43. The van der Waals surface area contributed by atoms with Gasteiger partial charge < -0.3 is 10.1 Å². The van der Waals surface area contributed by atoms with Gasteiger partial charge in [-0.2, -0.15) is 0 Å². The van der Waals surface area contributed by atoms with Crippen LogP contribution in [-0.4, -0.2) is 30.1 Å². The Kier molecular flexibility index (Phi) is 3.26. The van der Waals surface area contributed by atoms with Crippen LogP contribution in [0.5, 0.6) is 0 Å². The number of benzene rings is 1. The highest BCUT2D eigenvalue weighted by molar-refractivity contribution is 6.31. The summed E-state index contributed by atoms with van der Waals surface area (Å²) in [6, 6.07) is 3.88. The van der Waals surface area contributed by atoms with Crippen molar-refractivity contribution in [3.05, 3.63) is 38.9 Å². The minimum atomic E-state index is -0.627. The van der Waals surface area contributed by atoms with E-state index in [1.54, 1.807) is 0 Å². The summed E-state index contributed by atoms with van der Waals surface area (Å²) in [4.78, 5) is 21.9. The number of rotatable bonds is 3. The number of nitro groups is 1. The summed E-state index contributed by atoms with van der Waals surface area (Å²) < 4.78 is 4.90. The van der Waals surface area contributed by atoms with Crippen molar-refractivity contribution in [2.45, 2.75) is 6.04 Å². The molecule has 0 atom stereocenters. The van der Waals surface area contributed by atoms with Gasteiger partial charge in [0.15, 0.2) is 0 Å². The van der Waals surface area contributed by atoms with E-state index in [4.69, 9.17) is 16.3 Å². The fourth-order valence-corrected chi connectivity index (χ4v) is 1.60. The van der Waals surface area contributed by atoms with Gasteiger partial charge in [-0.1, -0.05) is 11.6 Å². The molecule has 1 aromatic carbocycles. The van der Waals surface area contributed by atoms with Gasteiger partial charge in [0.1, 0.15) is 5.56 Å². The van der Waals surface area contributed by atoms with Crippen LogP contribution in [0.15, 0.2) is 18.2 Å². The minimum Gasteiger partial charge on any atom is -0.377 e. The van der Waals surface area contributed by atoms with Crippen molar-refractivity contribution >= 4 is 23.2 Å². The third-order valence-electron chi connectivity index (χ3n) is 2.37. The molecule has 1 fully saturated rings. The van der Waals surface area contributed by atoms with Gasteiger partial charge in [0, 0.05) is 11.1 Å². The van der Waals surface area contributed by atoms with Gasteiger partial charge in [0.05, 0.1) is 24.2 Å². The number of hydrogen-bond donors (Lipinski definition) is 1. The zero-order valence-electron chi connectivity index (χ0n) is 8.68. The number of carbonyl (C=O) groups excluding carboxylic acids is 1. The Morgan fingerprint density at radius 1 is 1.53 bits per heavy atom. The minimum absolute atomic E-state index is 0.00583. The van der Waals surface area contributed by atoms with Gasteiger partial charge in [-0.15, -0.1) is 0 Å². The second-order valence-corrected chi connectivity index (χ2v) is 4.06. The molecule has 0 unspecified atom stereocenters. The molecule has 1 heterocycles. The molecule has 1 aliphatic heterocycles. The number of ether oxygens (including phenoxy) is 1. The molecule has 0 saturated carbocycles. The lowest BCUT2D eigenvalue weighted by Gasteiger charge is -2.26. The van der Waals surface area contributed by atoms with Crippen LogP contribution in [0.2, 0.25) is 5.02 Å². The number of amides is 1. The van der Waals surface area contributed by atoms with E-state index in [1.165, 1.54) is 12.1 Å². The summed E-state index contributed by atoms with van der Waals surface area (Å²) in [5.41, 5.74) is -0.290. The van der Waals surface area contributed by atoms with Crippen molar-refractivity contribution < 1.29 is 14.5 Å². The molecule has 6 nitrogen and oxygen atoms in total. The van der Waals surface area contributed by atoms with Gasteiger partial charge in [-0.3, -0.25) is 14.9 Å². The van der Waals surface area contributed by atoms with E-state index in [0.29, 0.717) is 13.2 Å². The lowest BCUT2D eigenvalue weighted by Crippen LogP contribution is -2.48. The number of nitrogens with zero attached hydrogens (tertiary/aromatic N) is 1. The Morgan fingerprint density at radius 3 is 2.76 bits per heavy atom. The average molecular weight is 257 g/mol. The molecule has 1 amide bonds. The van der Waals surface area contributed by atoms with E-state index in [-0.39, 0.29) is 22.3 Å². The van der Waals surface area contributed by atoms with Gasteiger partial charge in [-0.25, -0.2) is 0 Å². The second-order valence-electron chi connectivity index (χ2n) is 3.63. The number of carbonyl (C=O) groups is 1. The van der Waals surface area contributed by atoms with Crippen LogP contribution in [0, 0.1) is 10.1 Å². The lowest BCUT2D eigenvalue weighted by atomic mass is 10.1. The normalized spacial score (nSPS) is 15.1. The first-order valence-electron chi connectivity index (χ1n) is 4.90. The summed E-state index contributed by atoms with van der Waals surface area (Å²) in [7, 11) is 0. The van der Waals surface area contributed by atoms with E-state index >= 15 is 0 Å². The number of nitrogens with one attached hydrogen (secondary N) is 1. The Hall–Kier alpha value is -1.66. The Morgan fingerprint density at radius 2 is 2.24 bits per heavy atom. The second kappa shape index (κ2) is 4.68. The molecule has 90 valence electrons. The molecular formula is C10H9ClN2O4. The van der Waals surface area contributed by atoms with Crippen LogP contribution < -0.4 is 5.32 Å². The summed E-state index contributed by atoms with van der Waals surface area (Å²) in [6.45, 7) is 0.875. The quantitative estimate of drug-likeness (QED) is 0.654. The van der Waals surface area contributed by atoms with E-state index in [2.05, 4.69) is 5.32 Å². The van der Waals surface area contributed by atoms with Crippen LogP contribution in [0.4, 0.5) is 5.69 Å². The summed E-state index contributed by atoms with van der Waals surface area (Å²) in [5.74, 6) is -0.485. The maximum atomic E-state index is 11.8. The molecule has 1 aliphatic rings. The SMILES string of the molecule is O=C(NC1COC1)c1ccc(Cl)cc1[N+](=O)[O-]. The van der Waals surface area contributed by atoms with Crippen LogP contribution in [-0.2, 0) is 4.74 Å². The lowest BCUT2D eigenvalue weighted by molar-refractivity contribution is -0.385. The van der Waals surface area contributed by atoms with E-state index in [1.807, 2.05) is 0 Å². The van der Waals surface area contributed by atoms with Crippen molar-refractivity contribution in [2.24, 2.45) is 0 Å². The third-order valence-corrected chi connectivity index (χ3v) is 2.61. The summed E-state index contributed by atoms with van der Waals surface area (Å²) >= 11 is 5.65. The molecule has 2 rings (SSSR count). The van der Waals surface area contributed by atoms with Gasteiger partial charge >= 0.3 is 0 Å². The maximum Gasteiger partial charge on any atom is 0.283 e. The van der Waals surface area contributed by atoms with Crippen molar-refractivity contribution in [1.82, 2.24) is 5.32 Å². The van der Waals surface area contributed by atoms with Crippen molar-refractivity contribution in [3.63, 3.8) is 0 Å². The van der Waals surface area contributed by atoms with Gasteiger partial charge in [0.2, 0.25) is 0 Å². The highest BCUT2D eigenvalue weighted by Crippen LogP contribution is 2.23. The number of nitro benzene ring substituents is 1. The first-order valence-corrected chi connectivity index (χ1v) is 5.28. The molecule has 1 N–H and O–H groups in total. The van der Waals surface area contributed by atoms with Gasteiger partial charge in [-0.05, 0) is 12.1 Å². The zero-order valence-corrected chi connectivity index (χ0v) is 9.44. The summed E-state index contributed by atoms with van der Waals surface area (Å²) in [6.07, 6.45) is 0. The Labute approximate surface area is 102 Å². The number of halogens is 1. The first kappa shape index (κ1) is 11.8. The molecule has 17 heavy (non-hydrogen) atoms. The predicted molar refractivity (Wildman–Crippen MR) is 60.2 cm³/mol. The average Bonchev–Trinajstić information content (AvgIpc) is 2.23. The van der Waals surface area contributed by atoms with Crippen LogP contribution >= 0.6 is 11.6 Å². The standard InChI is InChI=1S/C10H9ClN2O4/c11-6-1-2-8(9(3-6)13(15)16)10(14)12-7-4-17-5-7/h1-3,7H,4-5H2,(H,12,14). The van der Waals surface area contributed by atoms with E-state index in [9.17, 15) is 14.9 Å². The topological polar surface area (TPSA) is 81.5 Å². The van der Waals surface area contributed by atoms with E-state index < -0.39 is 10.8 Å². The molecule has 0 aliphatic carbocycles. The predicted octanol–water partition coefficient (Wildman–Crippen LogP) is 1.38. The number of hydrogen-bond acceptors (Lipinski definition) is 4. The molecule has 0 spiro atoms. The zero-order chi connectivity index (χ0) is 12.4. The Balaban J connectivity index is 2.23. The molecule has 0 radical (unpaired) electrons. The molecule has 1 aromatic rings. The molecule has 7 heteroatoms. The molecule has 0 aromatic heterocycles. The molecule has 1 saturated heterocycles. The highest BCUT2D eigenvalue weighted by atomic mass is 35.5. The smallest absolute Gasteiger partial charge is 0.283 e. The van der Waals surface area contributed by atoms with Crippen LogP contribution in [0.3, 0.4) is 0 Å². The van der Waals surface area contributed by atoms with Crippen LogP contribution in [0.1, 0.15) is 10.4 Å². The molecular weight excluding hydrogens is 248 g/mol. The maximum absolute atomic E-state index is 11.8.